The fourth-order valence-electron chi connectivity index (χ4n) is 3.23. The third-order valence-corrected chi connectivity index (χ3v) is 5.35. The molecule has 1 saturated heterocycles. The van der Waals surface area contributed by atoms with Crippen LogP contribution in [-0.2, 0) is 9.84 Å². The summed E-state index contributed by atoms with van der Waals surface area (Å²) in [5.74, 6) is 0.622. The lowest BCUT2D eigenvalue weighted by molar-refractivity contribution is 0.125. The van der Waals surface area contributed by atoms with Gasteiger partial charge in [0.2, 0.25) is 0 Å². The number of sulfone groups is 1. The second-order valence-electron chi connectivity index (χ2n) is 6.81. The lowest BCUT2D eigenvalue weighted by Gasteiger charge is -2.40. The molecule has 25 heavy (non-hydrogen) atoms. The van der Waals surface area contributed by atoms with Gasteiger partial charge in [0.25, 0.3) is 0 Å². The summed E-state index contributed by atoms with van der Waals surface area (Å²) in [4.78, 5) is 14.6. The van der Waals surface area contributed by atoms with Crippen LogP contribution in [-0.4, -0.2) is 38.2 Å². The zero-order valence-electron chi connectivity index (χ0n) is 15.2. The van der Waals surface area contributed by atoms with Gasteiger partial charge in [-0.25, -0.2) is 13.2 Å². The van der Waals surface area contributed by atoms with E-state index in [1.165, 1.54) is 6.08 Å². The molecular weight excluding hydrogens is 336 g/mol. The first-order valence-corrected chi connectivity index (χ1v) is 10.8. The largest absolute Gasteiger partial charge is 0.332 e. The minimum absolute atomic E-state index is 0.0611. The number of piperidine rings is 1. The van der Waals surface area contributed by atoms with Crippen molar-refractivity contribution in [3.05, 3.63) is 47.4 Å². The molecule has 1 unspecified atom stereocenters. The number of benzene rings is 1. The van der Waals surface area contributed by atoms with Gasteiger partial charge in [0.15, 0.2) is 9.84 Å². The van der Waals surface area contributed by atoms with Crippen LogP contribution >= 0.6 is 0 Å². The van der Waals surface area contributed by atoms with Crippen LogP contribution < -0.4 is 5.32 Å². The molecule has 1 aromatic carbocycles. The molecule has 5 nitrogen and oxygen atoms in total. The molecule has 0 saturated carbocycles. The number of carbonyl (C=O) groups is 1. The monoisotopic (exact) mass is 364 g/mol. The van der Waals surface area contributed by atoms with Gasteiger partial charge in [-0.15, -0.1) is 0 Å². The van der Waals surface area contributed by atoms with E-state index in [4.69, 9.17) is 0 Å². The predicted molar refractivity (Wildman–Crippen MR) is 101 cm³/mol. The third-order valence-electron chi connectivity index (χ3n) is 4.70. The van der Waals surface area contributed by atoms with Crippen molar-refractivity contribution in [1.29, 1.82) is 0 Å². The highest BCUT2D eigenvalue weighted by Gasteiger charge is 2.32. The van der Waals surface area contributed by atoms with Gasteiger partial charge in [-0.2, -0.15) is 0 Å². The van der Waals surface area contributed by atoms with E-state index in [2.05, 4.69) is 24.4 Å². The first kappa shape index (κ1) is 19.5. The normalized spacial score (nSPS) is 22.8. The number of hydrogen-bond donors (Lipinski definition) is 1. The number of hydrogen-bond acceptors (Lipinski definition) is 3. The molecule has 1 aliphatic rings. The lowest BCUT2D eigenvalue weighted by Crippen LogP contribution is -2.48. The van der Waals surface area contributed by atoms with Crippen LogP contribution in [0.5, 0.6) is 0 Å². The number of nitrogens with one attached hydrogen (secondary N) is 1. The standard InChI is InChI=1S/C19H28N2O3S/c1-4-16-10-12-21(18(14-16)17-8-6-5-7-9-17)19(22)20-15(2)11-13-25(3,23)24/h5-9,11,13,15-16,18H,4,10,12,14H2,1-3H3,(H,20,22)/b13-11+/t15?,16-,18+/m1/s1. The van der Waals surface area contributed by atoms with Crippen molar-refractivity contribution < 1.29 is 13.2 Å². The molecule has 1 heterocycles. The van der Waals surface area contributed by atoms with Crippen LogP contribution in [0.3, 0.4) is 0 Å². The van der Waals surface area contributed by atoms with Crippen molar-refractivity contribution in [1.82, 2.24) is 10.2 Å². The Morgan fingerprint density at radius 2 is 2.04 bits per heavy atom. The Morgan fingerprint density at radius 3 is 2.64 bits per heavy atom. The number of rotatable bonds is 5. The Kier molecular flexibility index (Phi) is 6.64. The molecule has 2 amide bonds. The summed E-state index contributed by atoms with van der Waals surface area (Å²) in [5.41, 5.74) is 1.15. The number of urea groups is 1. The summed E-state index contributed by atoms with van der Waals surface area (Å²) >= 11 is 0. The Bertz CT molecular complexity index is 701. The first-order valence-electron chi connectivity index (χ1n) is 8.80. The van der Waals surface area contributed by atoms with Crippen molar-refractivity contribution in [2.45, 2.75) is 45.2 Å². The van der Waals surface area contributed by atoms with Crippen LogP contribution in [0.25, 0.3) is 0 Å². The smallest absolute Gasteiger partial charge is 0.318 e. The van der Waals surface area contributed by atoms with E-state index in [-0.39, 0.29) is 18.1 Å². The van der Waals surface area contributed by atoms with Gasteiger partial charge >= 0.3 is 6.03 Å². The summed E-state index contributed by atoms with van der Waals surface area (Å²) in [6.45, 7) is 4.68. The molecule has 1 fully saturated rings. The highest BCUT2D eigenvalue weighted by Crippen LogP contribution is 2.35. The van der Waals surface area contributed by atoms with E-state index in [0.29, 0.717) is 12.5 Å². The number of likely N-dealkylation sites (tertiary alicyclic amines) is 1. The summed E-state index contributed by atoms with van der Waals surface area (Å²) < 4.78 is 22.4. The van der Waals surface area contributed by atoms with Crippen molar-refractivity contribution in [2.75, 3.05) is 12.8 Å². The van der Waals surface area contributed by atoms with Gasteiger partial charge in [-0.1, -0.05) is 49.8 Å². The Hall–Kier alpha value is -1.82. The summed E-state index contributed by atoms with van der Waals surface area (Å²) in [7, 11) is -3.19. The molecule has 2 rings (SSSR count). The maximum absolute atomic E-state index is 12.7. The molecule has 0 spiro atoms. The Labute approximate surface area is 151 Å². The van der Waals surface area contributed by atoms with E-state index in [1.807, 2.05) is 23.1 Å². The molecular formula is C19H28N2O3S. The van der Waals surface area contributed by atoms with E-state index in [0.717, 1.165) is 36.5 Å². The second-order valence-corrected chi connectivity index (χ2v) is 8.75. The number of nitrogens with zero attached hydrogens (tertiary/aromatic N) is 1. The molecule has 0 aliphatic carbocycles. The average molecular weight is 365 g/mol. The van der Waals surface area contributed by atoms with E-state index in [1.54, 1.807) is 6.92 Å². The summed E-state index contributed by atoms with van der Waals surface area (Å²) in [5, 5.41) is 4.03. The summed E-state index contributed by atoms with van der Waals surface area (Å²) in [6.07, 6.45) is 5.72. The highest BCUT2D eigenvalue weighted by molar-refractivity contribution is 7.93. The minimum Gasteiger partial charge on any atom is -0.332 e. The topological polar surface area (TPSA) is 66.5 Å². The van der Waals surface area contributed by atoms with Crippen molar-refractivity contribution in [3.63, 3.8) is 0 Å². The molecule has 1 N–H and O–H groups in total. The molecule has 138 valence electrons. The van der Waals surface area contributed by atoms with Gasteiger partial charge in [0.05, 0.1) is 6.04 Å². The van der Waals surface area contributed by atoms with E-state index in [9.17, 15) is 13.2 Å². The third kappa shape index (κ3) is 5.88. The predicted octanol–water partition coefficient (Wildman–Crippen LogP) is 3.51. The molecule has 1 aliphatic heterocycles. The van der Waals surface area contributed by atoms with Crippen LogP contribution in [0.2, 0.25) is 0 Å². The zero-order valence-corrected chi connectivity index (χ0v) is 16.0. The van der Waals surface area contributed by atoms with Gasteiger partial charge in [-0.3, -0.25) is 0 Å². The molecule has 6 heteroatoms. The molecule has 0 radical (unpaired) electrons. The molecule has 0 bridgehead atoms. The SMILES string of the molecule is CC[C@@H]1CCN(C(=O)NC(C)/C=C/S(C)(=O)=O)[C@H](c2ccccc2)C1. The van der Waals surface area contributed by atoms with Gasteiger partial charge in [0.1, 0.15) is 0 Å². The minimum atomic E-state index is -3.19. The fourth-order valence-corrected chi connectivity index (χ4v) is 3.75. The van der Waals surface area contributed by atoms with Gasteiger partial charge in [0, 0.05) is 24.3 Å². The van der Waals surface area contributed by atoms with Crippen molar-refractivity contribution >= 4 is 15.9 Å². The molecule has 3 atom stereocenters. The fraction of sp³-hybridized carbons (Fsp3) is 0.526. The maximum Gasteiger partial charge on any atom is 0.318 e. The average Bonchev–Trinajstić information content (AvgIpc) is 2.59. The zero-order chi connectivity index (χ0) is 18.4. The van der Waals surface area contributed by atoms with Crippen LogP contribution in [0.4, 0.5) is 4.79 Å². The molecule has 1 aromatic rings. The Morgan fingerprint density at radius 1 is 1.36 bits per heavy atom. The van der Waals surface area contributed by atoms with E-state index < -0.39 is 9.84 Å². The van der Waals surface area contributed by atoms with Crippen LogP contribution in [0.1, 0.15) is 44.7 Å². The van der Waals surface area contributed by atoms with Gasteiger partial charge in [-0.05, 0) is 31.2 Å². The van der Waals surface area contributed by atoms with Crippen LogP contribution in [0.15, 0.2) is 41.8 Å². The Balaban J connectivity index is 2.11. The number of carbonyl (C=O) groups excluding carboxylic acids is 1. The first-order chi connectivity index (χ1) is 11.8. The van der Waals surface area contributed by atoms with Gasteiger partial charge < -0.3 is 10.2 Å². The second kappa shape index (κ2) is 8.52. The van der Waals surface area contributed by atoms with E-state index >= 15 is 0 Å². The maximum atomic E-state index is 12.7. The summed E-state index contributed by atoms with van der Waals surface area (Å²) in [6, 6.07) is 9.68. The number of amides is 2. The highest BCUT2D eigenvalue weighted by atomic mass is 32.2. The lowest BCUT2D eigenvalue weighted by atomic mass is 9.86. The quantitative estimate of drug-likeness (QED) is 0.869. The van der Waals surface area contributed by atoms with Crippen molar-refractivity contribution in [3.8, 4) is 0 Å². The van der Waals surface area contributed by atoms with Crippen LogP contribution in [0, 0.1) is 5.92 Å². The van der Waals surface area contributed by atoms with Crippen molar-refractivity contribution in [2.24, 2.45) is 5.92 Å². The molecule has 0 aromatic heterocycles.